The number of hydrogen-bond acceptors (Lipinski definition) is 5. The zero-order chi connectivity index (χ0) is 14.7. The maximum Gasteiger partial charge on any atom is 0.143 e. The summed E-state index contributed by atoms with van der Waals surface area (Å²) in [6.45, 7) is 2.72. The van der Waals surface area contributed by atoms with E-state index in [9.17, 15) is 0 Å². The van der Waals surface area contributed by atoms with E-state index in [0.717, 1.165) is 27.1 Å². The number of nitrogens with one attached hydrogen (secondary N) is 1. The molecule has 1 aromatic carbocycles. The van der Waals surface area contributed by atoms with E-state index in [1.54, 1.807) is 17.2 Å². The van der Waals surface area contributed by atoms with Gasteiger partial charge in [-0.25, -0.2) is 4.68 Å². The molecule has 0 saturated heterocycles. The molecule has 0 aliphatic heterocycles. The van der Waals surface area contributed by atoms with Crippen LogP contribution >= 0.6 is 15.9 Å². The van der Waals surface area contributed by atoms with Gasteiger partial charge in [-0.1, -0.05) is 6.07 Å². The molecule has 0 aliphatic carbocycles. The van der Waals surface area contributed by atoms with E-state index >= 15 is 0 Å². The van der Waals surface area contributed by atoms with Crippen LogP contribution in [0.2, 0.25) is 0 Å². The standard InChI is InChI=1S/C14H13BrN6/c1-10-2-5-13(21-9-18-19-20-21)6-14(10)17-8-12-4-3-11(15)7-16-12/h2-7,9,17H,8H2,1H3. The summed E-state index contributed by atoms with van der Waals surface area (Å²) in [5.41, 5.74) is 4.08. The molecular formula is C14H13BrN6. The minimum Gasteiger partial charge on any atom is -0.379 e. The first kappa shape index (κ1) is 13.7. The van der Waals surface area contributed by atoms with Crippen LogP contribution in [0.3, 0.4) is 0 Å². The molecule has 0 spiro atoms. The Balaban J connectivity index is 1.78. The number of aryl methyl sites for hydroxylation is 1. The Labute approximate surface area is 130 Å². The number of benzene rings is 1. The number of nitrogens with zero attached hydrogens (tertiary/aromatic N) is 5. The summed E-state index contributed by atoms with van der Waals surface area (Å²) in [4.78, 5) is 4.35. The average Bonchev–Trinajstić information content (AvgIpc) is 3.02. The smallest absolute Gasteiger partial charge is 0.143 e. The maximum absolute atomic E-state index is 4.35. The van der Waals surface area contributed by atoms with Gasteiger partial charge in [0.05, 0.1) is 17.9 Å². The third-order valence-electron chi connectivity index (χ3n) is 3.08. The summed E-state index contributed by atoms with van der Waals surface area (Å²) in [7, 11) is 0. The molecule has 6 nitrogen and oxygen atoms in total. The van der Waals surface area contributed by atoms with Gasteiger partial charge in [-0.2, -0.15) is 0 Å². The van der Waals surface area contributed by atoms with Crippen LogP contribution < -0.4 is 5.32 Å². The summed E-state index contributed by atoms with van der Waals surface area (Å²) in [6, 6.07) is 10.00. The maximum atomic E-state index is 4.35. The first-order chi connectivity index (χ1) is 10.2. The average molecular weight is 345 g/mol. The highest BCUT2D eigenvalue weighted by atomic mass is 79.9. The van der Waals surface area contributed by atoms with Crippen molar-refractivity contribution in [3.05, 3.63) is 58.6 Å². The quantitative estimate of drug-likeness (QED) is 0.788. The lowest BCUT2D eigenvalue weighted by Gasteiger charge is -2.11. The molecule has 1 N–H and O–H groups in total. The van der Waals surface area contributed by atoms with E-state index < -0.39 is 0 Å². The van der Waals surface area contributed by atoms with Gasteiger partial charge in [0, 0.05) is 16.4 Å². The zero-order valence-corrected chi connectivity index (χ0v) is 12.9. The Morgan fingerprint density at radius 1 is 1.24 bits per heavy atom. The van der Waals surface area contributed by atoms with Crippen LogP contribution in [-0.2, 0) is 6.54 Å². The van der Waals surface area contributed by atoms with Crippen molar-refractivity contribution in [2.75, 3.05) is 5.32 Å². The van der Waals surface area contributed by atoms with Gasteiger partial charge in [0.25, 0.3) is 0 Å². The summed E-state index contributed by atoms with van der Waals surface area (Å²) in [6.07, 6.45) is 3.37. The lowest BCUT2D eigenvalue weighted by Crippen LogP contribution is -2.04. The van der Waals surface area contributed by atoms with Crippen LogP contribution in [-0.4, -0.2) is 25.2 Å². The lowest BCUT2D eigenvalue weighted by molar-refractivity contribution is 0.789. The van der Waals surface area contributed by atoms with Gasteiger partial charge in [0.15, 0.2) is 0 Å². The number of pyridine rings is 1. The van der Waals surface area contributed by atoms with E-state index in [0.29, 0.717) is 6.54 Å². The molecule has 7 heteroatoms. The predicted octanol–water partition coefficient (Wildman–Crippen LogP) is 2.74. The van der Waals surface area contributed by atoms with E-state index in [1.807, 2.05) is 30.3 Å². The van der Waals surface area contributed by atoms with Crippen molar-refractivity contribution in [1.29, 1.82) is 0 Å². The van der Waals surface area contributed by atoms with Gasteiger partial charge in [0.2, 0.25) is 0 Å². The number of halogens is 1. The summed E-state index contributed by atoms with van der Waals surface area (Å²) < 4.78 is 2.60. The molecule has 0 bridgehead atoms. The molecule has 3 aromatic rings. The highest BCUT2D eigenvalue weighted by Crippen LogP contribution is 2.19. The van der Waals surface area contributed by atoms with Crippen molar-refractivity contribution < 1.29 is 0 Å². The molecule has 0 fully saturated rings. The van der Waals surface area contributed by atoms with Crippen LogP contribution in [0.5, 0.6) is 0 Å². The SMILES string of the molecule is Cc1ccc(-n2cnnn2)cc1NCc1ccc(Br)cn1. The van der Waals surface area contributed by atoms with Gasteiger partial charge in [-0.3, -0.25) is 4.98 Å². The van der Waals surface area contributed by atoms with E-state index in [2.05, 4.69) is 48.7 Å². The second-order valence-corrected chi connectivity index (χ2v) is 5.49. The highest BCUT2D eigenvalue weighted by Gasteiger charge is 2.04. The lowest BCUT2D eigenvalue weighted by atomic mass is 10.1. The summed E-state index contributed by atoms with van der Waals surface area (Å²) in [5.74, 6) is 0. The van der Waals surface area contributed by atoms with Crippen molar-refractivity contribution in [3.8, 4) is 5.69 Å². The van der Waals surface area contributed by atoms with Crippen LogP contribution in [0.15, 0.2) is 47.3 Å². The molecule has 2 aromatic heterocycles. The number of tetrazole rings is 1. The molecule has 3 rings (SSSR count). The second kappa shape index (κ2) is 6.01. The monoisotopic (exact) mass is 344 g/mol. The van der Waals surface area contributed by atoms with Gasteiger partial charge < -0.3 is 5.32 Å². The zero-order valence-electron chi connectivity index (χ0n) is 11.4. The first-order valence-electron chi connectivity index (χ1n) is 6.41. The van der Waals surface area contributed by atoms with E-state index in [-0.39, 0.29) is 0 Å². The summed E-state index contributed by atoms with van der Waals surface area (Å²) >= 11 is 3.38. The Morgan fingerprint density at radius 3 is 2.86 bits per heavy atom. The van der Waals surface area contributed by atoms with Gasteiger partial charge in [0.1, 0.15) is 6.33 Å². The Morgan fingerprint density at radius 2 is 2.14 bits per heavy atom. The van der Waals surface area contributed by atoms with Crippen LogP contribution in [0.4, 0.5) is 5.69 Å². The van der Waals surface area contributed by atoms with Crippen molar-refractivity contribution in [2.45, 2.75) is 13.5 Å². The first-order valence-corrected chi connectivity index (χ1v) is 7.20. The molecule has 0 aliphatic rings. The van der Waals surface area contributed by atoms with Crippen LogP contribution in [0.1, 0.15) is 11.3 Å². The fraction of sp³-hybridized carbons (Fsp3) is 0.143. The van der Waals surface area contributed by atoms with Crippen molar-refractivity contribution in [3.63, 3.8) is 0 Å². The van der Waals surface area contributed by atoms with Gasteiger partial charge in [-0.15, -0.1) is 5.10 Å². The largest absolute Gasteiger partial charge is 0.379 e. The van der Waals surface area contributed by atoms with Crippen molar-refractivity contribution in [1.82, 2.24) is 25.2 Å². The van der Waals surface area contributed by atoms with Crippen molar-refractivity contribution >= 4 is 21.6 Å². The second-order valence-electron chi connectivity index (χ2n) is 4.57. The van der Waals surface area contributed by atoms with Crippen LogP contribution in [0, 0.1) is 6.92 Å². The third kappa shape index (κ3) is 3.25. The Kier molecular flexibility index (Phi) is 3.92. The minimum absolute atomic E-state index is 0.660. The molecule has 21 heavy (non-hydrogen) atoms. The van der Waals surface area contributed by atoms with E-state index in [1.165, 1.54) is 0 Å². The molecule has 0 atom stereocenters. The topological polar surface area (TPSA) is 68.5 Å². The number of rotatable bonds is 4. The summed E-state index contributed by atoms with van der Waals surface area (Å²) in [5, 5.41) is 14.6. The van der Waals surface area contributed by atoms with Crippen molar-refractivity contribution in [2.24, 2.45) is 0 Å². The highest BCUT2D eigenvalue weighted by molar-refractivity contribution is 9.10. The molecule has 2 heterocycles. The molecular weight excluding hydrogens is 332 g/mol. The minimum atomic E-state index is 0.660. The third-order valence-corrected chi connectivity index (χ3v) is 3.55. The predicted molar refractivity (Wildman–Crippen MR) is 83.2 cm³/mol. The number of anilines is 1. The fourth-order valence-corrected chi connectivity index (χ4v) is 2.15. The van der Waals surface area contributed by atoms with E-state index in [4.69, 9.17) is 0 Å². The molecule has 0 saturated carbocycles. The van der Waals surface area contributed by atoms with Gasteiger partial charge in [-0.05, 0) is 63.1 Å². The van der Waals surface area contributed by atoms with Crippen LogP contribution in [0.25, 0.3) is 5.69 Å². The Bertz CT molecular complexity index is 724. The molecule has 0 radical (unpaired) electrons. The van der Waals surface area contributed by atoms with Gasteiger partial charge >= 0.3 is 0 Å². The fourth-order valence-electron chi connectivity index (χ4n) is 1.92. The number of aromatic nitrogens is 5. The Hall–Kier alpha value is -2.28. The molecule has 0 amide bonds. The number of hydrogen-bond donors (Lipinski definition) is 1. The molecule has 106 valence electrons. The normalized spacial score (nSPS) is 10.6. The molecule has 0 unspecified atom stereocenters.